The van der Waals surface area contributed by atoms with Crippen LogP contribution in [0.4, 0.5) is 10.5 Å². The topological polar surface area (TPSA) is 50.4 Å². The molecule has 0 aliphatic heterocycles. The SMILES string of the molecule is CCNC(=O)Nc1ccc(-c2ccc(Cl)cc2)c(COC)c1. The van der Waals surface area contributed by atoms with E-state index in [0.717, 1.165) is 22.4 Å². The highest BCUT2D eigenvalue weighted by atomic mass is 35.5. The first-order valence-corrected chi connectivity index (χ1v) is 7.44. The van der Waals surface area contributed by atoms with Crippen molar-refractivity contribution in [1.29, 1.82) is 0 Å². The second kappa shape index (κ2) is 7.82. The Morgan fingerprint density at radius 2 is 1.91 bits per heavy atom. The summed E-state index contributed by atoms with van der Waals surface area (Å²) in [5, 5.41) is 6.21. The van der Waals surface area contributed by atoms with Crippen LogP contribution in [0.1, 0.15) is 12.5 Å². The van der Waals surface area contributed by atoms with E-state index in [-0.39, 0.29) is 6.03 Å². The van der Waals surface area contributed by atoms with Gasteiger partial charge in [0.05, 0.1) is 6.61 Å². The Hall–Kier alpha value is -2.04. The van der Waals surface area contributed by atoms with Crippen LogP contribution >= 0.6 is 11.6 Å². The van der Waals surface area contributed by atoms with Crippen LogP contribution in [-0.2, 0) is 11.3 Å². The molecular formula is C17H19ClN2O2. The number of nitrogens with one attached hydrogen (secondary N) is 2. The Morgan fingerprint density at radius 1 is 1.18 bits per heavy atom. The molecule has 116 valence electrons. The Morgan fingerprint density at radius 3 is 2.55 bits per heavy atom. The average Bonchev–Trinajstić information content (AvgIpc) is 2.49. The number of carbonyl (C=O) groups is 1. The van der Waals surface area contributed by atoms with E-state index in [4.69, 9.17) is 16.3 Å². The number of methoxy groups -OCH3 is 1. The maximum Gasteiger partial charge on any atom is 0.319 e. The Balaban J connectivity index is 2.30. The van der Waals surface area contributed by atoms with Gasteiger partial charge in [-0.1, -0.05) is 29.8 Å². The third kappa shape index (κ3) is 4.23. The van der Waals surface area contributed by atoms with E-state index in [1.165, 1.54) is 0 Å². The van der Waals surface area contributed by atoms with Crippen molar-refractivity contribution in [2.45, 2.75) is 13.5 Å². The molecular weight excluding hydrogens is 300 g/mol. The van der Waals surface area contributed by atoms with Crippen molar-refractivity contribution in [1.82, 2.24) is 5.32 Å². The lowest BCUT2D eigenvalue weighted by atomic mass is 9.99. The number of urea groups is 1. The van der Waals surface area contributed by atoms with Gasteiger partial charge in [-0.05, 0) is 47.9 Å². The van der Waals surface area contributed by atoms with Crippen LogP contribution in [0.5, 0.6) is 0 Å². The van der Waals surface area contributed by atoms with E-state index < -0.39 is 0 Å². The number of anilines is 1. The van der Waals surface area contributed by atoms with Crippen molar-refractivity contribution < 1.29 is 9.53 Å². The van der Waals surface area contributed by atoms with Crippen LogP contribution < -0.4 is 10.6 Å². The monoisotopic (exact) mass is 318 g/mol. The zero-order valence-electron chi connectivity index (χ0n) is 12.7. The lowest BCUT2D eigenvalue weighted by Gasteiger charge is -2.13. The number of halogens is 1. The molecule has 0 saturated carbocycles. The molecule has 0 fully saturated rings. The highest BCUT2D eigenvalue weighted by molar-refractivity contribution is 6.30. The second-order valence-electron chi connectivity index (χ2n) is 4.80. The van der Waals surface area contributed by atoms with Gasteiger partial charge in [0, 0.05) is 24.4 Å². The molecule has 2 amide bonds. The number of benzene rings is 2. The number of ether oxygens (including phenoxy) is 1. The van der Waals surface area contributed by atoms with Crippen molar-refractivity contribution >= 4 is 23.3 Å². The summed E-state index contributed by atoms with van der Waals surface area (Å²) < 4.78 is 5.27. The van der Waals surface area contributed by atoms with Gasteiger partial charge in [-0.3, -0.25) is 0 Å². The highest BCUT2D eigenvalue weighted by Crippen LogP contribution is 2.28. The maximum atomic E-state index is 11.6. The molecule has 0 spiro atoms. The summed E-state index contributed by atoms with van der Waals surface area (Å²) >= 11 is 5.93. The molecule has 0 radical (unpaired) electrons. The summed E-state index contributed by atoms with van der Waals surface area (Å²) in [4.78, 5) is 11.6. The van der Waals surface area contributed by atoms with E-state index in [1.54, 1.807) is 7.11 Å². The molecule has 2 N–H and O–H groups in total. The fourth-order valence-electron chi connectivity index (χ4n) is 2.19. The van der Waals surface area contributed by atoms with Gasteiger partial charge in [-0.25, -0.2) is 4.79 Å². The molecule has 0 bridgehead atoms. The Kier molecular flexibility index (Phi) is 5.81. The molecule has 0 unspecified atom stereocenters. The molecule has 0 heterocycles. The van der Waals surface area contributed by atoms with Gasteiger partial charge in [0.15, 0.2) is 0 Å². The molecule has 0 aliphatic rings. The van der Waals surface area contributed by atoms with E-state index in [9.17, 15) is 4.79 Å². The maximum absolute atomic E-state index is 11.6. The van der Waals surface area contributed by atoms with Gasteiger partial charge in [0.2, 0.25) is 0 Å². The second-order valence-corrected chi connectivity index (χ2v) is 5.23. The number of carbonyl (C=O) groups excluding carboxylic acids is 1. The largest absolute Gasteiger partial charge is 0.380 e. The van der Waals surface area contributed by atoms with Crippen LogP contribution in [0.3, 0.4) is 0 Å². The van der Waals surface area contributed by atoms with Gasteiger partial charge in [-0.15, -0.1) is 0 Å². The summed E-state index contributed by atoms with van der Waals surface area (Å²) in [5.74, 6) is 0. The first kappa shape index (κ1) is 16.3. The van der Waals surface area contributed by atoms with Crippen LogP contribution in [0, 0.1) is 0 Å². The normalized spacial score (nSPS) is 10.3. The van der Waals surface area contributed by atoms with Gasteiger partial charge in [0.25, 0.3) is 0 Å². The van der Waals surface area contributed by atoms with Crippen LogP contribution in [-0.4, -0.2) is 19.7 Å². The average molecular weight is 319 g/mol. The molecule has 0 aliphatic carbocycles. The smallest absolute Gasteiger partial charge is 0.319 e. The standard InChI is InChI=1S/C17H19ClN2O2/c1-3-19-17(21)20-15-8-9-16(13(10-15)11-22-2)12-4-6-14(18)7-5-12/h4-10H,3,11H2,1-2H3,(H2,19,20,21). The Bertz CT molecular complexity index is 642. The van der Waals surface area contributed by atoms with Crippen LogP contribution in [0.15, 0.2) is 42.5 Å². The zero-order chi connectivity index (χ0) is 15.9. The predicted octanol–water partition coefficient (Wildman–Crippen LogP) is 4.29. The summed E-state index contributed by atoms with van der Waals surface area (Å²) in [6, 6.07) is 13.2. The number of amides is 2. The number of hydrogen-bond donors (Lipinski definition) is 2. The summed E-state index contributed by atoms with van der Waals surface area (Å²) in [7, 11) is 1.65. The molecule has 5 heteroatoms. The van der Waals surface area contributed by atoms with Crippen molar-refractivity contribution in [2.24, 2.45) is 0 Å². The Labute approximate surface area is 135 Å². The summed E-state index contributed by atoms with van der Waals surface area (Å²) in [6.45, 7) is 2.92. The number of rotatable bonds is 5. The van der Waals surface area contributed by atoms with Crippen LogP contribution in [0.2, 0.25) is 5.02 Å². The molecule has 0 aromatic heterocycles. The van der Waals surface area contributed by atoms with E-state index in [1.807, 2.05) is 49.4 Å². The minimum absolute atomic E-state index is 0.217. The molecule has 22 heavy (non-hydrogen) atoms. The molecule has 0 saturated heterocycles. The molecule has 2 aromatic rings. The summed E-state index contributed by atoms with van der Waals surface area (Å²) in [5.41, 5.74) is 3.84. The first-order valence-electron chi connectivity index (χ1n) is 7.06. The van der Waals surface area contributed by atoms with Gasteiger partial charge in [0.1, 0.15) is 0 Å². The van der Waals surface area contributed by atoms with Gasteiger partial charge < -0.3 is 15.4 Å². The fourth-order valence-corrected chi connectivity index (χ4v) is 2.32. The van der Waals surface area contributed by atoms with Gasteiger partial charge in [-0.2, -0.15) is 0 Å². The van der Waals surface area contributed by atoms with Crippen molar-refractivity contribution in [3.8, 4) is 11.1 Å². The molecule has 0 atom stereocenters. The molecule has 2 aromatic carbocycles. The minimum Gasteiger partial charge on any atom is -0.380 e. The van der Waals surface area contributed by atoms with Crippen molar-refractivity contribution in [2.75, 3.05) is 19.0 Å². The number of hydrogen-bond acceptors (Lipinski definition) is 2. The van der Waals surface area contributed by atoms with Crippen molar-refractivity contribution in [3.63, 3.8) is 0 Å². The first-order chi connectivity index (χ1) is 10.6. The minimum atomic E-state index is -0.217. The lowest BCUT2D eigenvalue weighted by molar-refractivity contribution is 0.185. The van der Waals surface area contributed by atoms with E-state index in [0.29, 0.717) is 18.2 Å². The van der Waals surface area contributed by atoms with E-state index in [2.05, 4.69) is 10.6 Å². The van der Waals surface area contributed by atoms with Crippen LogP contribution in [0.25, 0.3) is 11.1 Å². The lowest BCUT2D eigenvalue weighted by Crippen LogP contribution is -2.28. The fraction of sp³-hybridized carbons (Fsp3) is 0.235. The van der Waals surface area contributed by atoms with E-state index >= 15 is 0 Å². The highest BCUT2D eigenvalue weighted by Gasteiger charge is 2.08. The molecule has 4 nitrogen and oxygen atoms in total. The third-order valence-corrected chi connectivity index (χ3v) is 3.41. The van der Waals surface area contributed by atoms with Gasteiger partial charge >= 0.3 is 6.03 Å². The van der Waals surface area contributed by atoms with Crippen molar-refractivity contribution in [3.05, 3.63) is 53.1 Å². The predicted molar refractivity (Wildman–Crippen MR) is 90.3 cm³/mol. The third-order valence-electron chi connectivity index (χ3n) is 3.16. The molecule has 2 rings (SSSR count). The summed E-state index contributed by atoms with van der Waals surface area (Å²) in [6.07, 6.45) is 0. The zero-order valence-corrected chi connectivity index (χ0v) is 13.4. The quantitative estimate of drug-likeness (QED) is 0.863.